The summed E-state index contributed by atoms with van der Waals surface area (Å²) in [5, 5.41) is 0. The molecular weight excluding hydrogens is 210 g/mol. The Morgan fingerprint density at radius 2 is 2.29 bits per heavy atom. The van der Waals surface area contributed by atoms with Gasteiger partial charge in [0.15, 0.2) is 0 Å². The quantitative estimate of drug-likeness (QED) is 0.846. The summed E-state index contributed by atoms with van der Waals surface area (Å²) < 4.78 is 0. The second-order valence-corrected chi connectivity index (χ2v) is 5.09. The van der Waals surface area contributed by atoms with Crippen LogP contribution in [0.25, 0.3) is 0 Å². The normalized spacial score (nSPS) is 24.4. The van der Waals surface area contributed by atoms with Gasteiger partial charge in [-0.25, -0.2) is 0 Å². The predicted octanol–water partition coefficient (Wildman–Crippen LogP) is 2.03. The minimum Gasteiger partial charge on any atom is -0.328 e. The molecule has 0 aliphatic heterocycles. The summed E-state index contributed by atoms with van der Waals surface area (Å²) in [6.45, 7) is 5.43. The van der Waals surface area contributed by atoms with E-state index in [0.29, 0.717) is 6.04 Å². The van der Waals surface area contributed by atoms with Crippen LogP contribution in [0, 0.1) is 5.92 Å². The summed E-state index contributed by atoms with van der Waals surface area (Å²) in [4.78, 5) is 6.87. The fraction of sp³-hybridized carbons (Fsp3) is 0.643. The molecule has 2 atom stereocenters. The average molecular weight is 233 g/mol. The fourth-order valence-corrected chi connectivity index (χ4v) is 2.67. The van der Waals surface area contributed by atoms with E-state index in [1.54, 1.807) is 0 Å². The molecule has 1 fully saturated rings. The summed E-state index contributed by atoms with van der Waals surface area (Å²) in [7, 11) is 0. The van der Waals surface area contributed by atoms with E-state index in [4.69, 9.17) is 5.73 Å². The topological polar surface area (TPSA) is 42.2 Å². The lowest BCUT2D eigenvalue weighted by atomic mass is 10.1. The lowest BCUT2D eigenvalue weighted by molar-refractivity contribution is 0.231. The highest BCUT2D eigenvalue weighted by Gasteiger charge is 2.23. The summed E-state index contributed by atoms with van der Waals surface area (Å²) in [5.41, 5.74) is 7.13. The molecule has 0 spiro atoms. The second-order valence-electron chi connectivity index (χ2n) is 5.09. The van der Waals surface area contributed by atoms with Crippen LogP contribution in [-0.4, -0.2) is 29.0 Å². The first kappa shape index (κ1) is 12.5. The van der Waals surface area contributed by atoms with Crippen LogP contribution in [-0.2, 0) is 6.54 Å². The first-order chi connectivity index (χ1) is 8.28. The molecule has 0 radical (unpaired) electrons. The molecule has 1 heterocycles. The van der Waals surface area contributed by atoms with Crippen molar-refractivity contribution in [2.45, 2.75) is 38.8 Å². The largest absolute Gasteiger partial charge is 0.328 e. The van der Waals surface area contributed by atoms with E-state index in [1.807, 2.05) is 12.3 Å². The van der Waals surface area contributed by atoms with Crippen LogP contribution in [0.5, 0.6) is 0 Å². The molecule has 2 rings (SSSR count). The SMILES string of the molecule is CCN(Cc1ccccn1)CC1CCC(N)C1. The number of rotatable bonds is 5. The van der Waals surface area contributed by atoms with E-state index in [0.717, 1.165) is 24.7 Å². The van der Waals surface area contributed by atoms with Gasteiger partial charge in [0.05, 0.1) is 5.69 Å². The van der Waals surface area contributed by atoms with Gasteiger partial charge >= 0.3 is 0 Å². The van der Waals surface area contributed by atoms with Gasteiger partial charge in [-0.05, 0) is 43.9 Å². The molecule has 2 N–H and O–H groups in total. The molecule has 1 aliphatic rings. The summed E-state index contributed by atoms with van der Waals surface area (Å²) >= 11 is 0. The standard InChI is InChI=1S/C14H23N3/c1-2-17(10-12-6-7-13(15)9-12)11-14-5-3-4-8-16-14/h3-5,8,12-13H,2,6-7,9-11,15H2,1H3. The Labute approximate surface area is 104 Å². The average Bonchev–Trinajstić information content (AvgIpc) is 2.75. The monoisotopic (exact) mass is 233 g/mol. The van der Waals surface area contributed by atoms with Crippen molar-refractivity contribution < 1.29 is 0 Å². The van der Waals surface area contributed by atoms with Crippen LogP contribution in [0.1, 0.15) is 31.9 Å². The number of nitrogens with two attached hydrogens (primary N) is 1. The van der Waals surface area contributed by atoms with Crippen LogP contribution in [0.3, 0.4) is 0 Å². The van der Waals surface area contributed by atoms with E-state index in [9.17, 15) is 0 Å². The Hall–Kier alpha value is -0.930. The van der Waals surface area contributed by atoms with Crippen molar-refractivity contribution >= 4 is 0 Å². The molecule has 0 amide bonds. The van der Waals surface area contributed by atoms with Gasteiger partial charge < -0.3 is 5.73 Å². The van der Waals surface area contributed by atoms with E-state index < -0.39 is 0 Å². The zero-order chi connectivity index (χ0) is 12.1. The minimum atomic E-state index is 0.438. The van der Waals surface area contributed by atoms with E-state index >= 15 is 0 Å². The molecule has 0 aromatic carbocycles. The maximum Gasteiger partial charge on any atom is 0.0543 e. The third-order valence-corrected chi connectivity index (χ3v) is 3.66. The third-order valence-electron chi connectivity index (χ3n) is 3.66. The molecule has 3 nitrogen and oxygen atoms in total. The first-order valence-corrected chi connectivity index (χ1v) is 6.65. The molecule has 1 aromatic heterocycles. The highest BCUT2D eigenvalue weighted by Crippen LogP contribution is 2.25. The molecule has 0 saturated heterocycles. The zero-order valence-corrected chi connectivity index (χ0v) is 10.7. The van der Waals surface area contributed by atoms with Crippen LogP contribution >= 0.6 is 0 Å². The molecule has 0 bridgehead atoms. The second kappa shape index (κ2) is 6.12. The number of hydrogen-bond acceptors (Lipinski definition) is 3. The Bertz CT molecular complexity index is 325. The van der Waals surface area contributed by atoms with Crippen molar-refractivity contribution in [2.75, 3.05) is 13.1 Å². The van der Waals surface area contributed by atoms with Gasteiger partial charge in [0.2, 0.25) is 0 Å². The van der Waals surface area contributed by atoms with Crippen molar-refractivity contribution in [1.82, 2.24) is 9.88 Å². The Balaban J connectivity index is 1.85. The molecule has 1 aromatic rings. The van der Waals surface area contributed by atoms with Crippen molar-refractivity contribution in [3.8, 4) is 0 Å². The highest BCUT2D eigenvalue weighted by molar-refractivity contribution is 5.03. The third kappa shape index (κ3) is 3.79. The summed E-state index contributed by atoms with van der Waals surface area (Å²) in [5.74, 6) is 0.786. The highest BCUT2D eigenvalue weighted by atomic mass is 15.1. The molecule has 1 aliphatic carbocycles. The van der Waals surface area contributed by atoms with Crippen molar-refractivity contribution in [3.05, 3.63) is 30.1 Å². The minimum absolute atomic E-state index is 0.438. The van der Waals surface area contributed by atoms with Gasteiger partial charge in [-0.3, -0.25) is 9.88 Å². The maximum atomic E-state index is 5.96. The molecular formula is C14H23N3. The lowest BCUT2D eigenvalue weighted by Crippen LogP contribution is -2.29. The molecule has 94 valence electrons. The number of nitrogens with zero attached hydrogens (tertiary/aromatic N) is 2. The fourth-order valence-electron chi connectivity index (χ4n) is 2.67. The summed E-state index contributed by atoms with van der Waals surface area (Å²) in [6, 6.07) is 6.56. The smallest absolute Gasteiger partial charge is 0.0543 e. The van der Waals surface area contributed by atoms with Crippen LogP contribution in [0.15, 0.2) is 24.4 Å². The van der Waals surface area contributed by atoms with E-state index in [1.165, 1.54) is 25.8 Å². The molecule has 1 saturated carbocycles. The van der Waals surface area contributed by atoms with Crippen molar-refractivity contribution in [3.63, 3.8) is 0 Å². The van der Waals surface area contributed by atoms with Crippen LogP contribution < -0.4 is 5.73 Å². The zero-order valence-electron chi connectivity index (χ0n) is 10.7. The molecule has 17 heavy (non-hydrogen) atoms. The Morgan fingerprint density at radius 3 is 2.88 bits per heavy atom. The van der Waals surface area contributed by atoms with Gasteiger partial charge in [0.1, 0.15) is 0 Å². The number of pyridine rings is 1. The Kier molecular flexibility index (Phi) is 4.51. The van der Waals surface area contributed by atoms with Crippen LogP contribution in [0.4, 0.5) is 0 Å². The van der Waals surface area contributed by atoms with Gasteiger partial charge in [-0.15, -0.1) is 0 Å². The predicted molar refractivity (Wildman–Crippen MR) is 70.5 cm³/mol. The molecule has 2 unspecified atom stereocenters. The number of hydrogen-bond donors (Lipinski definition) is 1. The van der Waals surface area contributed by atoms with E-state index in [-0.39, 0.29) is 0 Å². The van der Waals surface area contributed by atoms with Crippen molar-refractivity contribution in [2.24, 2.45) is 11.7 Å². The first-order valence-electron chi connectivity index (χ1n) is 6.65. The summed E-state index contributed by atoms with van der Waals surface area (Å²) in [6.07, 6.45) is 5.55. The lowest BCUT2D eigenvalue weighted by Gasteiger charge is -2.23. The van der Waals surface area contributed by atoms with Gasteiger partial charge in [-0.2, -0.15) is 0 Å². The van der Waals surface area contributed by atoms with E-state index in [2.05, 4.69) is 28.9 Å². The number of aromatic nitrogens is 1. The van der Waals surface area contributed by atoms with Gasteiger partial charge in [-0.1, -0.05) is 13.0 Å². The van der Waals surface area contributed by atoms with Gasteiger partial charge in [0, 0.05) is 25.3 Å². The van der Waals surface area contributed by atoms with Gasteiger partial charge in [0.25, 0.3) is 0 Å². The van der Waals surface area contributed by atoms with Crippen molar-refractivity contribution in [1.29, 1.82) is 0 Å². The van der Waals surface area contributed by atoms with Crippen LogP contribution in [0.2, 0.25) is 0 Å². The molecule has 3 heteroatoms. The Morgan fingerprint density at radius 1 is 1.41 bits per heavy atom. The maximum absolute atomic E-state index is 5.96.